The second-order valence-corrected chi connectivity index (χ2v) is 9.87. The van der Waals surface area contributed by atoms with E-state index in [1.54, 1.807) is 25.1 Å². The van der Waals surface area contributed by atoms with E-state index in [0.717, 1.165) is 0 Å². The van der Waals surface area contributed by atoms with E-state index in [1.807, 2.05) is 0 Å². The number of aliphatic hydroxyl groups is 1. The Bertz CT molecular complexity index is 1220. The first-order chi connectivity index (χ1) is 16.5. The van der Waals surface area contributed by atoms with Gasteiger partial charge in [-0.05, 0) is 62.6 Å². The first kappa shape index (κ1) is 26.4. The van der Waals surface area contributed by atoms with Crippen molar-refractivity contribution >= 4 is 33.5 Å². The maximum absolute atomic E-state index is 13.1. The molecule has 3 rings (SSSR count). The van der Waals surface area contributed by atoms with Crippen LogP contribution in [0.25, 0.3) is 0 Å². The van der Waals surface area contributed by atoms with E-state index in [9.17, 15) is 31.5 Å². The van der Waals surface area contributed by atoms with Crippen molar-refractivity contribution < 1.29 is 31.5 Å². The third-order valence-electron chi connectivity index (χ3n) is 5.80. The highest BCUT2D eigenvalue weighted by Crippen LogP contribution is 2.31. The summed E-state index contributed by atoms with van der Waals surface area (Å²) in [6, 6.07) is 12.2. The van der Waals surface area contributed by atoms with Gasteiger partial charge in [-0.25, -0.2) is 12.8 Å². The maximum Gasteiger partial charge on any atom is 0.301 e. The first-order valence-electron chi connectivity index (χ1n) is 11.0. The molecule has 0 unspecified atom stereocenters. The zero-order valence-corrected chi connectivity index (χ0v) is 19.9. The molecule has 0 spiro atoms. The second kappa shape index (κ2) is 11.0. The molecule has 0 radical (unpaired) electrons. The average Bonchev–Trinajstić information content (AvgIpc) is 2.83. The molecule has 0 aliphatic carbocycles. The van der Waals surface area contributed by atoms with Crippen molar-refractivity contribution in [1.29, 1.82) is 0 Å². The zero-order valence-electron chi connectivity index (χ0n) is 19.0. The highest BCUT2D eigenvalue weighted by molar-refractivity contribution is 7.92. The van der Waals surface area contributed by atoms with E-state index >= 15 is 0 Å². The third-order valence-corrected chi connectivity index (χ3v) is 7.23. The molecular formula is C24H26F3N3O4S. The molecule has 0 saturated carbocycles. The number of nitrogens with zero attached hydrogens (tertiary/aromatic N) is 2. The summed E-state index contributed by atoms with van der Waals surface area (Å²) in [4.78, 5) is 18.4. The Kier molecular flexibility index (Phi) is 8.34. The van der Waals surface area contributed by atoms with Crippen molar-refractivity contribution in [1.82, 2.24) is 4.90 Å². The molecule has 1 aliphatic rings. The van der Waals surface area contributed by atoms with Crippen LogP contribution in [-0.2, 0) is 10.0 Å². The number of rotatable bonds is 8. The molecule has 35 heavy (non-hydrogen) atoms. The molecule has 2 aromatic carbocycles. The van der Waals surface area contributed by atoms with Crippen molar-refractivity contribution in [3.8, 4) is 0 Å². The molecule has 1 saturated heterocycles. The van der Waals surface area contributed by atoms with E-state index in [4.69, 9.17) is 0 Å². The lowest BCUT2D eigenvalue weighted by molar-refractivity contribution is -0.0236. The van der Waals surface area contributed by atoms with Crippen molar-refractivity contribution in [2.24, 2.45) is 4.99 Å². The minimum absolute atomic E-state index is 0.0173. The van der Waals surface area contributed by atoms with Crippen LogP contribution in [0.1, 0.15) is 43.0 Å². The summed E-state index contributed by atoms with van der Waals surface area (Å²) >= 11 is 0. The highest BCUT2D eigenvalue weighted by Gasteiger charge is 2.34. The van der Waals surface area contributed by atoms with Crippen LogP contribution >= 0.6 is 0 Å². The standard InChI is InChI=1S/C24H26F3N3O4S/c1-2-28-20-5-3-4-6-21(20)35(33,34)29-18-9-7-17(8-10-18)23(31)30-15-13-24(32,14-16-30)12-11-19(25)22(26)27/h2-10,29,32H,11-16H2,1H3. The third kappa shape index (κ3) is 6.70. The van der Waals surface area contributed by atoms with Crippen LogP contribution in [0.3, 0.4) is 0 Å². The number of aliphatic imine (C=N–C) groups is 1. The van der Waals surface area contributed by atoms with Crippen LogP contribution in [0.2, 0.25) is 0 Å². The number of nitrogens with one attached hydrogen (secondary N) is 1. The van der Waals surface area contributed by atoms with Gasteiger partial charge in [-0.2, -0.15) is 8.78 Å². The lowest BCUT2D eigenvalue weighted by atomic mass is 9.86. The van der Waals surface area contributed by atoms with Gasteiger partial charge < -0.3 is 10.0 Å². The minimum Gasteiger partial charge on any atom is -0.390 e. The Morgan fingerprint density at radius 2 is 1.74 bits per heavy atom. The predicted octanol–water partition coefficient (Wildman–Crippen LogP) is 5.03. The Morgan fingerprint density at radius 1 is 1.11 bits per heavy atom. The number of para-hydroxylation sites is 1. The molecule has 0 aromatic heterocycles. The molecule has 2 N–H and O–H groups in total. The number of likely N-dealkylation sites (tertiary alicyclic amines) is 1. The number of anilines is 1. The molecule has 188 valence electrons. The molecule has 1 amide bonds. The quantitative estimate of drug-likeness (QED) is 0.488. The number of sulfonamides is 1. The van der Waals surface area contributed by atoms with Gasteiger partial charge in [0.2, 0.25) is 0 Å². The molecule has 1 aliphatic heterocycles. The summed E-state index contributed by atoms with van der Waals surface area (Å²) in [5, 5.41) is 10.5. The summed E-state index contributed by atoms with van der Waals surface area (Å²) in [6.07, 6.45) is -1.32. The topological polar surface area (TPSA) is 99.1 Å². The van der Waals surface area contributed by atoms with Gasteiger partial charge in [-0.1, -0.05) is 12.1 Å². The molecule has 1 fully saturated rings. The molecule has 1 heterocycles. The predicted molar refractivity (Wildman–Crippen MR) is 127 cm³/mol. The van der Waals surface area contributed by atoms with E-state index in [2.05, 4.69) is 9.71 Å². The number of hydrogen-bond donors (Lipinski definition) is 2. The molecular weight excluding hydrogens is 483 g/mol. The summed E-state index contributed by atoms with van der Waals surface area (Å²) in [6.45, 7) is 2.05. The largest absolute Gasteiger partial charge is 0.390 e. The lowest BCUT2D eigenvalue weighted by Gasteiger charge is -2.38. The smallest absolute Gasteiger partial charge is 0.301 e. The summed E-state index contributed by atoms with van der Waals surface area (Å²) in [5.41, 5.74) is -0.431. The number of carbonyl (C=O) groups is 1. The van der Waals surface area contributed by atoms with Gasteiger partial charge in [0.25, 0.3) is 15.9 Å². The van der Waals surface area contributed by atoms with Crippen LogP contribution in [0.15, 0.2) is 70.3 Å². The monoisotopic (exact) mass is 509 g/mol. The van der Waals surface area contributed by atoms with Gasteiger partial charge in [-0.15, -0.1) is 0 Å². The second-order valence-electron chi connectivity index (χ2n) is 8.22. The van der Waals surface area contributed by atoms with Crippen LogP contribution in [0.4, 0.5) is 24.5 Å². The fourth-order valence-electron chi connectivity index (χ4n) is 3.82. The van der Waals surface area contributed by atoms with Gasteiger partial charge >= 0.3 is 6.08 Å². The van der Waals surface area contributed by atoms with E-state index < -0.39 is 34.0 Å². The van der Waals surface area contributed by atoms with Crippen LogP contribution in [0.5, 0.6) is 0 Å². The fraction of sp³-hybridized carbons (Fsp3) is 0.333. The Balaban J connectivity index is 1.62. The minimum atomic E-state index is -3.91. The Hall–Kier alpha value is -3.18. The van der Waals surface area contributed by atoms with E-state index in [1.165, 1.54) is 41.4 Å². The van der Waals surface area contributed by atoms with Gasteiger partial charge in [0.1, 0.15) is 4.90 Å². The number of piperidine rings is 1. The van der Waals surface area contributed by atoms with Crippen molar-refractivity contribution in [2.45, 2.75) is 43.1 Å². The average molecular weight is 510 g/mol. The molecule has 11 heteroatoms. The van der Waals surface area contributed by atoms with Crippen LogP contribution in [-0.4, -0.2) is 49.2 Å². The number of allylic oxidation sites excluding steroid dienone is 1. The normalized spacial score (nSPS) is 15.7. The Morgan fingerprint density at radius 3 is 2.34 bits per heavy atom. The number of carbonyl (C=O) groups excluding carboxylic acids is 1. The number of halogens is 3. The molecule has 0 bridgehead atoms. The van der Waals surface area contributed by atoms with Gasteiger partial charge in [0.05, 0.1) is 11.3 Å². The SMILES string of the molecule is CC=Nc1ccccc1S(=O)(=O)Nc1ccc(C(=O)N2CCC(O)(CCC(F)=C(F)F)CC2)cc1. The number of amides is 1. The molecule has 7 nitrogen and oxygen atoms in total. The summed E-state index contributed by atoms with van der Waals surface area (Å²) in [7, 11) is -3.91. The molecule has 0 atom stereocenters. The van der Waals surface area contributed by atoms with Crippen molar-refractivity contribution in [2.75, 3.05) is 17.8 Å². The summed E-state index contributed by atoms with van der Waals surface area (Å²) < 4.78 is 65.6. The van der Waals surface area contributed by atoms with Gasteiger partial charge in [0.15, 0.2) is 5.83 Å². The van der Waals surface area contributed by atoms with E-state index in [-0.39, 0.29) is 48.8 Å². The first-order valence-corrected chi connectivity index (χ1v) is 12.4. The maximum atomic E-state index is 13.1. The van der Waals surface area contributed by atoms with Crippen LogP contribution < -0.4 is 4.72 Å². The van der Waals surface area contributed by atoms with Crippen molar-refractivity contribution in [3.63, 3.8) is 0 Å². The van der Waals surface area contributed by atoms with Gasteiger partial charge in [0, 0.05) is 37.0 Å². The van der Waals surface area contributed by atoms with Gasteiger partial charge in [-0.3, -0.25) is 14.5 Å². The van der Waals surface area contributed by atoms with E-state index in [0.29, 0.717) is 11.3 Å². The van der Waals surface area contributed by atoms with Crippen molar-refractivity contribution in [3.05, 3.63) is 66.0 Å². The summed E-state index contributed by atoms with van der Waals surface area (Å²) in [5.74, 6) is -1.85. The Labute approximate surface area is 202 Å². The zero-order chi connectivity index (χ0) is 25.6. The number of benzene rings is 2. The highest BCUT2D eigenvalue weighted by atomic mass is 32.2. The van der Waals surface area contributed by atoms with Crippen LogP contribution in [0, 0.1) is 0 Å². The number of hydrogen-bond acceptors (Lipinski definition) is 5. The fourth-order valence-corrected chi connectivity index (χ4v) is 5.03. The lowest BCUT2D eigenvalue weighted by Crippen LogP contribution is -2.46. The molecule has 2 aromatic rings.